The Balaban J connectivity index is 1.51. The predicted octanol–water partition coefficient (Wildman–Crippen LogP) is 2.41. The molecule has 0 bridgehead atoms. The van der Waals surface area contributed by atoms with Crippen LogP contribution in [-0.4, -0.2) is 31.9 Å². The van der Waals surface area contributed by atoms with Gasteiger partial charge in [-0.15, -0.1) is 0 Å². The Labute approximate surface area is 163 Å². The molecule has 0 saturated carbocycles. The molecule has 2 aromatic carbocycles. The van der Waals surface area contributed by atoms with Gasteiger partial charge in [0.2, 0.25) is 5.91 Å². The number of carbonyl (C=O) groups is 2. The molecule has 1 heterocycles. The van der Waals surface area contributed by atoms with Crippen LogP contribution < -0.4 is 9.62 Å². The van der Waals surface area contributed by atoms with Crippen LogP contribution in [0, 0.1) is 5.92 Å². The molecule has 0 aromatic heterocycles. The Morgan fingerprint density at radius 2 is 1.79 bits per heavy atom. The van der Waals surface area contributed by atoms with Gasteiger partial charge in [0.05, 0.1) is 10.8 Å². The van der Waals surface area contributed by atoms with E-state index in [-0.39, 0.29) is 23.8 Å². The molecular weight excluding hydrogens is 380 g/mol. The molecule has 4 rings (SSSR count). The maximum absolute atomic E-state index is 12.7. The second kappa shape index (κ2) is 6.94. The summed E-state index contributed by atoms with van der Waals surface area (Å²) in [4.78, 5) is 24.6. The molecule has 7 nitrogen and oxygen atoms in total. The number of fused-ring (bicyclic) bond motifs is 1. The van der Waals surface area contributed by atoms with Crippen LogP contribution in [0.3, 0.4) is 0 Å². The first-order valence-electron chi connectivity index (χ1n) is 9.11. The van der Waals surface area contributed by atoms with Crippen LogP contribution >= 0.6 is 0 Å². The van der Waals surface area contributed by atoms with Crippen molar-refractivity contribution in [2.24, 2.45) is 5.92 Å². The van der Waals surface area contributed by atoms with Gasteiger partial charge in [-0.25, -0.2) is 8.42 Å². The van der Waals surface area contributed by atoms with Crippen molar-refractivity contribution in [2.45, 2.75) is 30.6 Å². The zero-order chi connectivity index (χ0) is 19.9. The van der Waals surface area contributed by atoms with E-state index in [0.717, 1.165) is 19.3 Å². The van der Waals surface area contributed by atoms with Crippen molar-refractivity contribution in [3.8, 4) is 0 Å². The van der Waals surface area contributed by atoms with Gasteiger partial charge in [0.15, 0.2) is 0 Å². The minimum absolute atomic E-state index is 0.0464. The monoisotopic (exact) mass is 400 g/mol. The number of carboxylic acid groups (broad SMARTS) is 1. The third-order valence-corrected chi connectivity index (χ3v) is 6.68. The average Bonchev–Trinajstić information content (AvgIpc) is 3.27. The molecule has 8 heteroatoms. The average molecular weight is 400 g/mol. The highest BCUT2D eigenvalue weighted by atomic mass is 32.2. The lowest BCUT2D eigenvalue weighted by molar-refractivity contribution is -0.141. The molecule has 1 aliphatic heterocycles. The first-order valence-corrected chi connectivity index (χ1v) is 10.6. The molecule has 1 saturated heterocycles. The zero-order valence-corrected chi connectivity index (χ0v) is 15.9. The van der Waals surface area contributed by atoms with Crippen molar-refractivity contribution >= 4 is 33.3 Å². The van der Waals surface area contributed by atoms with E-state index < -0.39 is 21.9 Å². The topological polar surface area (TPSA) is 104 Å². The second-order valence-corrected chi connectivity index (χ2v) is 8.86. The summed E-state index contributed by atoms with van der Waals surface area (Å²) in [6.45, 7) is 0.0909. The van der Waals surface area contributed by atoms with Crippen molar-refractivity contribution in [1.82, 2.24) is 0 Å². The van der Waals surface area contributed by atoms with Gasteiger partial charge in [-0.1, -0.05) is 6.07 Å². The number of hydrogen-bond acceptors (Lipinski definition) is 4. The fraction of sp³-hybridized carbons (Fsp3) is 0.300. The van der Waals surface area contributed by atoms with Gasteiger partial charge in [0, 0.05) is 24.3 Å². The zero-order valence-electron chi connectivity index (χ0n) is 15.1. The standard InChI is InChI=1S/C20H20N2O5S/c23-19-11-15(20(24)25)12-22(19)17-6-8-18(9-7-17)28(26,27)21-16-5-4-13-2-1-3-14(13)10-16/h4-10,15,21H,1-3,11-12H2,(H,24,25). The summed E-state index contributed by atoms with van der Waals surface area (Å²) in [7, 11) is -3.76. The maximum Gasteiger partial charge on any atom is 0.308 e. The SMILES string of the molecule is O=C(O)C1CC(=O)N(c2ccc(S(=O)(=O)Nc3ccc4c(c3)CCC4)cc2)C1. The number of amides is 1. The summed E-state index contributed by atoms with van der Waals surface area (Å²) in [5, 5.41) is 9.08. The summed E-state index contributed by atoms with van der Waals surface area (Å²) < 4.78 is 27.9. The Morgan fingerprint density at radius 3 is 2.46 bits per heavy atom. The maximum atomic E-state index is 12.7. The Morgan fingerprint density at radius 1 is 1.07 bits per heavy atom. The summed E-state index contributed by atoms with van der Waals surface area (Å²) >= 11 is 0. The molecule has 1 amide bonds. The van der Waals surface area contributed by atoms with Gasteiger partial charge in [0.25, 0.3) is 10.0 Å². The first kappa shape index (κ1) is 18.5. The molecule has 2 N–H and O–H groups in total. The quantitative estimate of drug-likeness (QED) is 0.802. The summed E-state index contributed by atoms with van der Waals surface area (Å²) in [6.07, 6.45) is 3.03. The lowest BCUT2D eigenvalue weighted by Gasteiger charge is -2.17. The van der Waals surface area contributed by atoms with E-state index in [9.17, 15) is 18.0 Å². The summed E-state index contributed by atoms with van der Waals surface area (Å²) in [5.74, 6) is -2.02. The number of benzene rings is 2. The minimum atomic E-state index is -3.76. The van der Waals surface area contributed by atoms with Crippen LogP contribution in [0.25, 0.3) is 0 Å². The van der Waals surface area contributed by atoms with E-state index in [1.165, 1.54) is 40.3 Å². The van der Waals surface area contributed by atoms with Gasteiger partial charge in [0.1, 0.15) is 0 Å². The molecule has 1 atom stereocenters. The van der Waals surface area contributed by atoms with Gasteiger partial charge < -0.3 is 10.0 Å². The van der Waals surface area contributed by atoms with E-state index in [0.29, 0.717) is 11.4 Å². The number of sulfonamides is 1. The van der Waals surface area contributed by atoms with Gasteiger partial charge >= 0.3 is 5.97 Å². The van der Waals surface area contributed by atoms with E-state index in [1.54, 1.807) is 6.07 Å². The fourth-order valence-corrected chi connectivity index (χ4v) is 4.83. The van der Waals surface area contributed by atoms with Crippen molar-refractivity contribution in [1.29, 1.82) is 0 Å². The molecule has 1 aliphatic carbocycles. The number of nitrogens with one attached hydrogen (secondary N) is 1. The normalized spacial score (nSPS) is 18.9. The molecule has 0 radical (unpaired) electrons. The van der Waals surface area contributed by atoms with Crippen LogP contribution in [0.5, 0.6) is 0 Å². The van der Waals surface area contributed by atoms with E-state index in [1.807, 2.05) is 12.1 Å². The molecular formula is C20H20N2O5S. The first-order chi connectivity index (χ1) is 13.3. The van der Waals surface area contributed by atoms with Crippen molar-refractivity contribution < 1.29 is 23.1 Å². The third kappa shape index (κ3) is 3.47. The van der Waals surface area contributed by atoms with Gasteiger partial charge in [-0.05, 0) is 66.8 Å². The lowest BCUT2D eigenvalue weighted by Crippen LogP contribution is -2.25. The Kier molecular flexibility index (Phi) is 4.58. The van der Waals surface area contributed by atoms with E-state index >= 15 is 0 Å². The number of carbonyl (C=O) groups excluding carboxylic acids is 1. The van der Waals surface area contributed by atoms with Gasteiger partial charge in [-0.2, -0.15) is 0 Å². The van der Waals surface area contributed by atoms with Crippen LogP contribution in [-0.2, 0) is 32.5 Å². The molecule has 28 heavy (non-hydrogen) atoms. The summed E-state index contributed by atoms with van der Waals surface area (Å²) in [6, 6.07) is 11.5. The number of rotatable bonds is 5. The van der Waals surface area contributed by atoms with Gasteiger partial charge in [-0.3, -0.25) is 14.3 Å². The van der Waals surface area contributed by atoms with E-state index in [2.05, 4.69) is 4.72 Å². The number of hydrogen-bond donors (Lipinski definition) is 2. The minimum Gasteiger partial charge on any atom is -0.481 e. The van der Waals surface area contributed by atoms with Crippen molar-refractivity contribution in [3.63, 3.8) is 0 Å². The van der Waals surface area contributed by atoms with Crippen LogP contribution in [0.1, 0.15) is 24.0 Å². The molecule has 146 valence electrons. The number of aryl methyl sites for hydroxylation is 2. The van der Waals surface area contributed by atoms with Crippen molar-refractivity contribution in [3.05, 3.63) is 53.6 Å². The van der Waals surface area contributed by atoms with Crippen molar-refractivity contribution in [2.75, 3.05) is 16.2 Å². The number of anilines is 2. The summed E-state index contributed by atoms with van der Waals surface area (Å²) in [5.41, 5.74) is 3.47. The third-order valence-electron chi connectivity index (χ3n) is 5.28. The highest BCUT2D eigenvalue weighted by molar-refractivity contribution is 7.92. The molecule has 2 aliphatic rings. The van der Waals surface area contributed by atoms with Crippen LogP contribution in [0.15, 0.2) is 47.4 Å². The molecule has 0 spiro atoms. The Bertz CT molecular complexity index is 1050. The smallest absolute Gasteiger partial charge is 0.308 e. The van der Waals surface area contributed by atoms with Crippen LogP contribution in [0.2, 0.25) is 0 Å². The lowest BCUT2D eigenvalue weighted by atomic mass is 10.1. The number of carboxylic acids is 1. The molecule has 1 unspecified atom stereocenters. The van der Waals surface area contributed by atoms with E-state index in [4.69, 9.17) is 5.11 Å². The predicted molar refractivity (Wildman–Crippen MR) is 104 cm³/mol. The number of aliphatic carboxylic acids is 1. The highest BCUT2D eigenvalue weighted by Gasteiger charge is 2.35. The largest absolute Gasteiger partial charge is 0.481 e. The Hall–Kier alpha value is -2.87. The molecule has 2 aromatic rings. The molecule has 1 fully saturated rings. The fourth-order valence-electron chi connectivity index (χ4n) is 3.78. The second-order valence-electron chi connectivity index (χ2n) is 7.18. The van der Waals surface area contributed by atoms with Crippen LogP contribution in [0.4, 0.5) is 11.4 Å². The number of nitrogens with zero attached hydrogens (tertiary/aromatic N) is 1. The highest BCUT2D eigenvalue weighted by Crippen LogP contribution is 2.28.